The van der Waals surface area contributed by atoms with Gasteiger partial charge >= 0.3 is 0 Å². The predicted octanol–water partition coefficient (Wildman–Crippen LogP) is 16.2. The van der Waals surface area contributed by atoms with Crippen LogP contribution in [0.5, 0.6) is 0 Å². The topological polar surface area (TPSA) is 9.23 Å². The summed E-state index contributed by atoms with van der Waals surface area (Å²) in [5.41, 5.74) is 2.74. The first-order valence-corrected chi connectivity index (χ1v) is 22.3. The maximum Gasteiger partial charge on any atom is 0.0471 e. The van der Waals surface area contributed by atoms with Crippen molar-refractivity contribution >= 4 is 0 Å². The van der Waals surface area contributed by atoms with Gasteiger partial charge in [0, 0.05) is 13.2 Å². The second kappa shape index (κ2) is 22.2. The molecular formula is C48H96O. The Morgan fingerprint density at radius 2 is 0.531 bits per heavy atom. The number of rotatable bonds is 12. The number of hydrogen-bond donors (Lipinski definition) is 0. The Morgan fingerprint density at radius 1 is 0.306 bits per heavy atom. The highest BCUT2D eigenvalue weighted by Gasteiger charge is 2.40. The molecule has 4 rings (SSSR count). The molecule has 1 heterocycles. The lowest BCUT2D eigenvalue weighted by atomic mass is 9.59. The van der Waals surface area contributed by atoms with Crippen LogP contribution >= 0.6 is 0 Å². The van der Waals surface area contributed by atoms with Crippen LogP contribution in [-0.2, 0) is 4.74 Å². The Morgan fingerprint density at radius 3 is 0.735 bits per heavy atom. The molecule has 0 bridgehead atoms. The molecule has 4 fully saturated rings. The van der Waals surface area contributed by atoms with Crippen molar-refractivity contribution in [3.05, 3.63) is 0 Å². The minimum atomic E-state index is 0.576. The van der Waals surface area contributed by atoms with Crippen LogP contribution < -0.4 is 0 Å². The van der Waals surface area contributed by atoms with Gasteiger partial charge in [-0.2, -0.15) is 0 Å². The average Bonchev–Trinajstić information content (AvgIpc) is 3.45. The average molecular weight is 689 g/mol. The smallest absolute Gasteiger partial charge is 0.0471 e. The lowest BCUT2D eigenvalue weighted by Crippen LogP contribution is -2.36. The Balaban J connectivity index is 0.000000327. The van der Waals surface area contributed by atoms with Crippen LogP contribution in [0.25, 0.3) is 0 Å². The molecule has 0 radical (unpaired) electrons. The molecular weight excluding hydrogens is 593 g/mol. The quantitative estimate of drug-likeness (QED) is 0.198. The molecule has 1 heteroatoms. The zero-order valence-corrected chi connectivity index (χ0v) is 37.2. The largest absolute Gasteiger partial charge is 0.381 e. The van der Waals surface area contributed by atoms with Gasteiger partial charge in [-0.1, -0.05) is 149 Å². The molecule has 0 aromatic carbocycles. The third kappa shape index (κ3) is 15.5. The highest BCUT2D eigenvalue weighted by Crippen LogP contribution is 2.51. The minimum absolute atomic E-state index is 0.576. The summed E-state index contributed by atoms with van der Waals surface area (Å²) in [5, 5.41) is 0. The van der Waals surface area contributed by atoms with Crippen molar-refractivity contribution in [2.45, 2.75) is 226 Å². The van der Waals surface area contributed by atoms with E-state index in [1.54, 1.807) is 0 Å². The van der Waals surface area contributed by atoms with Gasteiger partial charge in [-0.15, -0.1) is 0 Å². The SMILES string of the molecule is CC(C)CC1(C(C)C)CCC1.CC(C)CC1(C(C)C)CCCC1.CC(C)CC1(C(C)C)CCCCC1.CC(C)CC1(C(C)C)CCOCC1. The molecule has 4 aliphatic rings. The van der Waals surface area contributed by atoms with Crippen LogP contribution in [0.15, 0.2) is 0 Å². The van der Waals surface area contributed by atoms with Crippen molar-refractivity contribution in [2.24, 2.45) is 69.0 Å². The molecule has 0 aromatic rings. The molecule has 1 saturated heterocycles. The van der Waals surface area contributed by atoms with Crippen molar-refractivity contribution < 1.29 is 4.74 Å². The van der Waals surface area contributed by atoms with Gasteiger partial charge in [0.25, 0.3) is 0 Å². The first-order chi connectivity index (χ1) is 22.8. The Bertz CT molecular complexity index is 768. The Kier molecular flexibility index (Phi) is 21.3. The van der Waals surface area contributed by atoms with Gasteiger partial charge in [-0.25, -0.2) is 0 Å². The van der Waals surface area contributed by atoms with Crippen LogP contribution in [0.3, 0.4) is 0 Å². The van der Waals surface area contributed by atoms with Gasteiger partial charge < -0.3 is 4.74 Å². The van der Waals surface area contributed by atoms with Crippen molar-refractivity contribution in [1.82, 2.24) is 0 Å². The van der Waals surface area contributed by atoms with Gasteiger partial charge in [0.2, 0.25) is 0 Å². The first-order valence-electron chi connectivity index (χ1n) is 22.3. The van der Waals surface area contributed by atoms with Gasteiger partial charge in [0.1, 0.15) is 0 Å². The van der Waals surface area contributed by atoms with E-state index in [0.717, 1.165) is 66.0 Å². The van der Waals surface area contributed by atoms with E-state index < -0.39 is 0 Å². The van der Waals surface area contributed by atoms with E-state index >= 15 is 0 Å². The van der Waals surface area contributed by atoms with Gasteiger partial charge in [-0.05, 0) is 146 Å². The van der Waals surface area contributed by atoms with Gasteiger partial charge in [0.05, 0.1) is 0 Å². The summed E-state index contributed by atoms with van der Waals surface area (Å²) < 4.78 is 5.46. The van der Waals surface area contributed by atoms with E-state index in [1.165, 1.54) is 116 Å². The van der Waals surface area contributed by atoms with Gasteiger partial charge in [-0.3, -0.25) is 0 Å². The standard InChI is InChI=1S/C13H26.C12H24O.C12H24.C11H22/c1-11(2)10-13(12(3)4)8-6-5-7-9-13;1-10(2)9-12(11(3)4)5-7-13-8-6-12;1-10(2)9-12(11(3)4)7-5-6-8-12;1-9(2)8-11(10(3)4)6-5-7-11/h11-12H,5-10H2,1-4H3;10-11H,5-9H2,1-4H3;10-11H,5-9H2,1-4H3;9-10H,5-8H2,1-4H3. The molecule has 0 unspecified atom stereocenters. The highest BCUT2D eigenvalue weighted by molar-refractivity contribution is 4.91. The van der Waals surface area contributed by atoms with E-state index in [0.29, 0.717) is 16.2 Å². The molecule has 0 spiro atoms. The summed E-state index contributed by atoms with van der Waals surface area (Å²) >= 11 is 0. The molecule has 0 amide bonds. The summed E-state index contributed by atoms with van der Waals surface area (Å²) in [4.78, 5) is 0. The van der Waals surface area contributed by atoms with E-state index in [9.17, 15) is 0 Å². The van der Waals surface area contributed by atoms with Crippen LogP contribution in [0.4, 0.5) is 0 Å². The molecule has 0 N–H and O–H groups in total. The van der Waals surface area contributed by atoms with E-state index in [4.69, 9.17) is 4.74 Å². The second-order valence-electron chi connectivity index (χ2n) is 21.2. The second-order valence-corrected chi connectivity index (χ2v) is 21.2. The van der Waals surface area contributed by atoms with Crippen molar-refractivity contribution in [1.29, 1.82) is 0 Å². The molecule has 1 nitrogen and oxygen atoms in total. The highest BCUT2D eigenvalue weighted by atomic mass is 16.5. The van der Waals surface area contributed by atoms with E-state index in [1.807, 2.05) is 0 Å². The molecule has 0 atom stereocenters. The Hall–Kier alpha value is -0.0400. The van der Waals surface area contributed by atoms with Crippen molar-refractivity contribution in [3.8, 4) is 0 Å². The van der Waals surface area contributed by atoms with Gasteiger partial charge in [0.15, 0.2) is 0 Å². The van der Waals surface area contributed by atoms with Crippen molar-refractivity contribution in [2.75, 3.05) is 13.2 Å². The maximum absolute atomic E-state index is 5.46. The molecule has 294 valence electrons. The molecule has 1 aliphatic heterocycles. The lowest BCUT2D eigenvalue weighted by Gasteiger charge is -2.47. The lowest BCUT2D eigenvalue weighted by molar-refractivity contribution is -0.0220. The summed E-state index contributed by atoms with van der Waals surface area (Å²) in [6.45, 7) is 40.0. The minimum Gasteiger partial charge on any atom is -0.381 e. The van der Waals surface area contributed by atoms with E-state index in [2.05, 4.69) is 111 Å². The maximum atomic E-state index is 5.46. The third-order valence-electron chi connectivity index (χ3n) is 14.4. The van der Waals surface area contributed by atoms with E-state index in [-0.39, 0.29) is 0 Å². The fraction of sp³-hybridized carbons (Fsp3) is 1.00. The summed E-state index contributed by atoms with van der Waals surface area (Å²) in [6, 6.07) is 0. The third-order valence-corrected chi connectivity index (χ3v) is 14.4. The zero-order chi connectivity index (χ0) is 37.5. The normalized spacial score (nSPS) is 22.5. The fourth-order valence-electron chi connectivity index (χ4n) is 11.1. The molecule has 3 aliphatic carbocycles. The molecule has 3 saturated carbocycles. The van der Waals surface area contributed by atoms with Crippen LogP contribution in [0, 0.1) is 69.0 Å². The van der Waals surface area contributed by atoms with Crippen LogP contribution in [-0.4, -0.2) is 13.2 Å². The first kappa shape index (κ1) is 47.0. The molecule has 49 heavy (non-hydrogen) atoms. The predicted molar refractivity (Wildman–Crippen MR) is 222 cm³/mol. The summed E-state index contributed by atoms with van der Waals surface area (Å²) in [5.74, 6) is 6.94. The number of ether oxygens (including phenoxy) is 1. The Labute approximate surface area is 312 Å². The monoisotopic (exact) mass is 689 g/mol. The zero-order valence-electron chi connectivity index (χ0n) is 37.2. The van der Waals surface area contributed by atoms with Crippen LogP contribution in [0.2, 0.25) is 0 Å². The molecule has 0 aromatic heterocycles. The van der Waals surface area contributed by atoms with Crippen molar-refractivity contribution in [3.63, 3.8) is 0 Å². The fourth-order valence-corrected chi connectivity index (χ4v) is 11.1. The summed E-state index contributed by atoms with van der Waals surface area (Å²) in [6.07, 6.45) is 26.0. The summed E-state index contributed by atoms with van der Waals surface area (Å²) in [7, 11) is 0. The number of hydrogen-bond acceptors (Lipinski definition) is 1. The van der Waals surface area contributed by atoms with Crippen LogP contribution in [0.1, 0.15) is 226 Å².